The van der Waals surface area contributed by atoms with Crippen molar-refractivity contribution >= 4 is 5.91 Å². The number of nitrogens with one attached hydrogen (secondary N) is 1. The largest absolute Gasteiger partial charge is 0.493 e. The van der Waals surface area contributed by atoms with E-state index in [0.29, 0.717) is 30.2 Å². The van der Waals surface area contributed by atoms with Crippen LogP contribution >= 0.6 is 0 Å². The summed E-state index contributed by atoms with van der Waals surface area (Å²) < 4.78 is 12.3. The lowest BCUT2D eigenvalue weighted by atomic mass is 10.1. The molecule has 0 unspecified atom stereocenters. The number of ether oxygens (including phenoxy) is 2. The highest BCUT2D eigenvalue weighted by atomic mass is 16.5. The first-order chi connectivity index (χ1) is 14.0. The Morgan fingerprint density at radius 2 is 1.76 bits per heavy atom. The van der Waals surface area contributed by atoms with Gasteiger partial charge in [0.25, 0.3) is 5.91 Å². The van der Waals surface area contributed by atoms with Crippen LogP contribution < -0.4 is 14.8 Å². The summed E-state index contributed by atoms with van der Waals surface area (Å²) in [6.45, 7) is 4.64. The van der Waals surface area contributed by atoms with E-state index in [9.17, 15) is 4.79 Å². The van der Waals surface area contributed by atoms with Crippen molar-refractivity contribution in [2.45, 2.75) is 26.2 Å². The maximum absolute atomic E-state index is 12.9. The van der Waals surface area contributed by atoms with E-state index in [1.807, 2.05) is 54.6 Å². The number of para-hydroxylation sites is 1. The molecule has 6 nitrogen and oxygen atoms in total. The molecular formula is C23H27N3O3. The Balaban J connectivity index is 1.72. The normalized spacial score (nSPS) is 10.8. The fraction of sp³-hybridized carbons (Fsp3) is 0.304. The van der Waals surface area contributed by atoms with Gasteiger partial charge in [-0.3, -0.25) is 4.79 Å². The molecule has 152 valence electrons. The van der Waals surface area contributed by atoms with E-state index in [-0.39, 0.29) is 11.8 Å². The van der Waals surface area contributed by atoms with Crippen LogP contribution in [0.3, 0.4) is 0 Å². The summed E-state index contributed by atoms with van der Waals surface area (Å²) in [5.74, 6) is 1.46. The van der Waals surface area contributed by atoms with Gasteiger partial charge in [-0.05, 0) is 48.2 Å². The molecule has 1 amide bonds. The third kappa shape index (κ3) is 4.77. The molecule has 0 fully saturated rings. The highest BCUT2D eigenvalue weighted by Crippen LogP contribution is 2.27. The zero-order chi connectivity index (χ0) is 20.8. The number of hydrogen-bond donors (Lipinski definition) is 1. The molecule has 0 bridgehead atoms. The van der Waals surface area contributed by atoms with Crippen LogP contribution in [0.5, 0.6) is 11.5 Å². The van der Waals surface area contributed by atoms with Gasteiger partial charge in [-0.15, -0.1) is 0 Å². The fourth-order valence-corrected chi connectivity index (χ4v) is 3.06. The number of rotatable bonds is 8. The highest BCUT2D eigenvalue weighted by Gasteiger charge is 2.18. The Labute approximate surface area is 171 Å². The van der Waals surface area contributed by atoms with Crippen LogP contribution in [0.2, 0.25) is 0 Å². The maximum atomic E-state index is 12.9. The van der Waals surface area contributed by atoms with Crippen LogP contribution in [0.15, 0.2) is 54.6 Å². The van der Waals surface area contributed by atoms with Crippen LogP contribution in [-0.4, -0.2) is 36.5 Å². The first-order valence-corrected chi connectivity index (χ1v) is 9.68. The van der Waals surface area contributed by atoms with Crippen molar-refractivity contribution in [1.82, 2.24) is 15.1 Å². The van der Waals surface area contributed by atoms with Crippen molar-refractivity contribution < 1.29 is 14.3 Å². The van der Waals surface area contributed by atoms with Gasteiger partial charge in [-0.2, -0.15) is 5.10 Å². The minimum Gasteiger partial charge on any atom is -0.493 e. The van der Waals surface area contributed by atoms with Crippen LogP contribution in [0.4, 0.5) is 0 Å². The molecule has 1 N–H and O–H groups in total. The number of aromatic nitrogens is 2. The third-order valence-corrected chi connectivity index (χ3v) is 4.70. The van der Waals surface area contributed by atoms with Gasteiger partial charge in [0.15, 0.2) is 11.5 Å². The predicted octanol–water partition coefficient (Wildman–Crippen LogP) is 3.99. The molecule has 2 aromatic carbocycles. The molecule has 3 aromatic rings. The smallest absolute Gasteiger partial charge is 0.270 e. The lowest BCUT2D eigenvalue weighted by Gasteiger charge is -2.11. The number of hydrogen-bond acceptors (Lipinski definition) is 4. The van der Waals surface area contributed by atoms with Gasteiger partial charge < -0.3 is 14.8 Å². The monoisotopic (exact) mass is 393 g/mol. The third-order valence-electron chi connectivity index (χ3n) is 4.70. The highest BCUT2D eigenvalue weighted by molar-refractivity contribution is 5.93. The average molecular weight is 393 g/mol. The summed E-state index contributed by atoms with van der Waals surface area (Å²) in [4.78, 5) is 12.9. The van der Waals surface area contributed by atoms with E-state index in [4.69, 9.17) is 9.47 Å². The second-order valence-electron chi connectivity index (χ2n) is 7.05. The number of carbonyl (C=O) groups is 1. The SMILES string of the molecule is COc1ccc(CCNC(=O)c2cc(C(C)C)nn2-c2ccccc2)cc1OC. The molecule has 6 heteroatoms. The summed E-state index contributed by atoms with van der Waals surface area (Å²) in [6, 6.07) is 17.3. The minimum atomic E-state index is -0.145. The van der Waals surface area contributed by atoms with Crippen LogP contribution in [0, 0.1) is 0 Å². The molecule has 0 radical (unpaired) electrons. The zero-order valence-electron chi connectivity index (χ0n) is 17.3. The average Bonchev–Trinajstić information content (AvgIpc) is 3.20. The summed E-state index contributed by atoms with van der Waals surface area (Å²) in [5.41, 5.74) is 3.35. The molecular weight excluding hydrogens is 366 g/mol. The van der Waals surface area contributed by atoms with Gasteiger partial charge in [0.2, 0.25) is 0 Å². The van der Waals surface area contributed by atoms with E-state index in [1.54, 1.807) is 18.9 Å². The minimum absolute atomic E-state index is 0.145. The topological polar surface area (TPSA) is 65.4 Å². The van der Waals surface area contributed by atoms with Gasteiger partial charge in [0.05, 0.1) is 25.6 Å². The van der Waals surface area contributed by atoms with Gasteiger partial charge in [0, 0.05) is 6.54 Å². The second-order valence-corrected chi connectivity index (χ2v) is 7.05. The summed E-state index contributed by atoms with van der Waals surface area (Å²) in [5, 5.41) is 7.64. The predicted molar refractivity (Wildman–Crippen MR) is 113 cm³/mol. The van der Waals surface area contributed by atoms with Crippen LogP contribution in [0.25, 0.3) is 5.69 Å². The first kappa shape index (κ1) is 20.5. The molecule has 0 aliphatic carbocycles. The molecule has 3 rings (SSSR count). The lowest BCUT2D eigenvalue weighted by Crippen LogP contribution is -2.27. The molecule has 0 saturated heterocycles. The Morgan fingerprint density at radius 1 is 1.03 bits per heavy atom. The fourth-order valence-electron chi connectivity index (χ4n) is 3.06. The Morgan fingerprint density at radius 3 is 2.41 bits per heavy atom. The van der Waals surface area contributed by atoms with E-state index in [2.05, 4.69) is 24.3 Å². The van der Waals surface area contributed by atoms with E-state index in [0.717, 1.165) is 16.9 Å². The molecule has 0 aliphatic heterocycles. The molecule has 0 saturated carbocycles. The van der Waals surface area contributed by atoms with Crippen molar-refractivity contribution in [2.75, 3.05) is 20.8 Å². The molecule has 1 aromatic heterocycles. The van der Waals surface area contributed by atoms with Crippen LogP contribution in [0.1, 0.15) is 41.5 Å². The van der Waals surface area contributed by atoms with Crippen molar-refractivity contribution in [2.24, 2.45) is 0 Å². The first-order valence-electron chi connectivity index (χ1n) is 9.68. The number of nitrogens with zero attached hydrogens (tertiary/aromatic N) is 2. The van der Waals surface area contributed by atoms with Gasteiger partial charge in [0.1, 0.15) is 5.69 Å². The lowest BCUT2D eigenvalue weighted by molar-refractivity contribution is 0.0946. The zero-order valence-corrected chi connectivity index (χ0v) is 17.3. The second kappa shape index (κ2) is 9.28. The van der Waals surface area contributed by atoms with Gasteiger partial charge >= 0.3 is 0 Å². The van der Waals surface area contributed by atoms with Crippen molar-refractivity contribution in [3.8, 4) is 17.2 Å². The van der Waals surface area contributed by atoms with Gasteiger partial charge in [-0.1, -0.05) is 38.1 Å². The van der Waals surface area contributed by atoms with Crippen LogP contribution in [-0.2, 0) is 6.42 Å². The number of benzene rings is 2. The number of methoxy groups -OCH3 is 2. The van der Waals surface area contributed by atoms with Crippen molar-refractivity contribution in [1.29, 1.82) is 0 Å². The quantitative estimate of drug-likeness (QED) is 0.629. The Bertz CT molecular complexity index is 965. The Kier molecular flexibility index (Phi) is 6.54. The summed E-state index contributed by atoms with van der Waals surface area (Å²) in [7, 11) is 3.22. The summed E-state index contributed by atoms with van der Waals surface area (Å²) in [6.07, 6.45) is 0.683. The van der Waals surface area contributed by atoms with Crippen molar-refractivity contribution in [3.05, 3.63) is 71.5 Å². The molecule has 0 atom stereocenters. The van der Waals surface area contributed by atoms with Crippen molar-refractivity contribution in [3.63, 3.8) is 0 Å². The van der Waals surface area contributed by atoms with Gasteiger partial charge in [-0.25, -0.2) is 4.68 Å². The summed E-state index contributed by atoms with van der Waals surface area (Å²) >= 11 is 0. The van der Waals surface area contributed by atoms with E-state index in [1.165, 1.54) is 0 Å². The number of amides is 1. The Hall–Kier alpha value is -3.28. The molecule has 1 heterocycles. The van der Waals surface area contributed by atoms with E-state index < -0.39 is 0 Å². The maximum Gasteiger partial charge on any atom is 0.270 e. The number of carbonyl (C=O) groups excluding carboxylic acids is 1. The molecule has 0 spiro atoms. The molecule has 0 aliphatic rings. The standard InChI is InChI=1S/C23H27N3O3/c1-16(2)19-15-20(26(25-19)18-8-6-5-7-9-18)23(27)24-13-12-17-10-11-21(28-3)22(14-17)29-4/h5-11,14-16H,12-13H2,1-4H3,(H,24,27). The van der Waals surface area contributed by atoms with E-state index >= 15 is 0 Å². The molecule has 29 heavy (non-hydrogen) atoms.